The molecule has 0 aliphatic rings. The van der Waals surface area contributed by atoms with Crippen LogP contribution in [0.4, 0.5) is 17.6 Å². The van der Waals surface area contributed by atoms with Crippen molar-refractivity contribution in [3.63, 3.8) is 0 Å². The Bertz CT molecular complexity index is 640. The lowest BCUT2D eigenvalue weighted by Gasteiger charge is -2.14. The summed E-state index contributed by atoms with van der Waals surface area (Å²) in [6, 6.07) is 9.11. The topological polar surface area (TPSA) is 20.2 Å². The Morgan fingerprint density at radius 2 is 1.81 bits per heavy atom. The summed E-state index contributed by atoms with van der Waals surface area (Å²) in [6.07, 6.45) is -5.76. The average molecular weight is 363 g/mol. The molecule has 6 heteroatoms. The Morgan fingerprint density at radius 1 is 1.10 bits per heavy atom. The zero-order valence-electron chi connectivity index (χ0n) is 10.7. The van der Waals surface area contributed by atoms with Crippen LogP contribution in [0.25, 0.3) is 0 Å². The highest BCUT2D eigenvalue weighted by atomic mass is 79.9. The van der Waals surface area contributed by atoms with Gasteiger partial charge in [-0.05, 0) is 41.5 Å². The zero-order chi connectivity index (χ0) is 15.6. The summed E-state index contributed by atoms with van der Waals surface area (Å²) in [6.45, 7) is 0. The summed E-state index contributed by atoms with van der Waals surface area (Å²) in [5.74, 6) is -1.02. The van der Waals surface area contributed by atoms with Crippen molar-refractivity contribution in [1.29, 1.82) is 0 Å². The number of alkyl halides is 3. The summed E-state index contributed by atoms with van der Waals surface area (Å²) >= 11 is 3.27. The zero-order valence-corrected chi connectivity index (χ0v) is 12.2. The predicted molar refractivity (Wildman–Crippen MR) is 74.2 cm³/mol. The lowest BCUT2D eigenvalue weighted by atomic mass is 9.99. The van der Waals surface area contributed by atoms with Gasteiger partial charge in [0.25, 0.3) is 0 Å². The van der Waals surface area contributed by atoms with E-state index in [2.05, 4.69) is 15.9 Å². The van der Waals surface area contributed by atoms with Gasteiger partial charge in [0, 0.05) is 10.9 Å². The van der Waals surface area contributed by atoms with E-state index >= 15 is 0 Å². The first-order valence-corrected chi connectivity index (χ1v) is 6.85. The second-order valence-corrected chi connectivity index (χ2v) is 5.54. The van der Waals surface area contributed by atoms with Crippen molar-refractivity contribution in [3.8, 4) is 0 Å². The molecule has 21 heavy (non-hydrogen) atoms. The van der Waals surface area contributed by atoms with Gasteiger partial charge in [-0.15, -0.1) is 0 Å². The highest BCUT2D eigenvalue weighted by molar-refractivity contribution is 9.10. The minimum atomic E-state index is -4.65. The summed E-state index contributed by atoms with van der Waals surface area (Å²) in [4.78, 5) is 0. The average Bonchev–Trinajstić information content (AvgIpc) is 2.37. The molecule has 2 aromatic carbocycles. The first-order valence-electron chi connectivity index (χ1n) is 6.06. The maximum absolute atomic E-state index is 13.3. The van der Waals surface area contributed by atoms with E-state index < -0.39 is 23.7 Å². The molecule has 0 fully saturated rings. The van der Waals surface area contributed by atoms with E-state index in [4.69, 9.17) is 0 Å². The monoisotopic (exact) mass is 362 g/mol. The fourth-order valence-corrected chi connectivity index (χ4v) is 2.42. The molecule has 0 saturated heterocycles. The SMILES string of the molecule is OC(Cc1cccc(Br)c1)c1cc(F)cc(C(F)(F)F)c1. The number of aliphatic hydroxyl groups excluding tert-OH is 1. The fourth-order valence-electron chi connectivity index (χ4n) is 1.97. The van der Waals surface area contributed by atoms with Gasteiger partial charge in [-0.1, -0.05) is 28.1 Å². The molecule has 2 aromatic rings. The number of aliphatic hydroxyl groups is 1. The number of benzene rings is 2. The largest absolute Gasteiger partial charge is 0.416 e. The van der Waals surface area contributed by atoms with Gasteiger partial charge in [0.05, 0.1) is 11.7 Å². The van der Waals surface area contributed by atoms with Crippen molar-refractivity contribution >= 4 is 15.9 Å². The Labute approximate surface area is 127 Å². The summed E-state index contributed by atoms with van der Waals surface area (Å²) in [5, 5.41) is 10.0. The van der Waals surface area contributed by atoms with Crippen molar-refractivity contribution in [1.82, 2.24) is 0 Å². The molecule has 0 amide bonds. The van der Waals surface area contributed by atoms with Crippen molar-refractivity contribution in [2.24, 2.45) is 0 Å². The molecule has 0 aliphatic heterocycles. The number of hydrogen-bond donors (Lipinski definition) is 1. The van der Waals surface area contributed by atoms with Crippen LogP contribution in [0.5, 0.6) is 0 Å². The van der Waals surface area contributed by atoms with Crippen LogP contribution in [0.1, 0.15) is 22.8 Å². The van der Waals surface area contributed by atoms with Crippen LogP contribution in [0.15, 0.2) is 46.9 Å². The number of halogens is 5. The molecule has 1 unspecified atom stereocenters. The van der Waals surface area contributed by atoms with E-state index in [9.17, 15) is 22.7 Å². The molecule has 1 nitrogen and oxygen atoms in total. The van der Waals surface area contributed by atoms with Crippen LogP contribution >= 0.6 is 15.9 Å². The molecule has 0 aromatic heterocycles. The van der Waals surface area contributed by atoms with Gasteiger partial charge in [-0.25, -0.2) is 4.39 Å². The normalized spacial score (nSPS) is 13.2. The van der Waals surface area contributed by atoms with Gasteiger partial charge < -0.3 is 5.11 Å². The van der Waals surface area contributed by atoms with Crippen LogP contribution in [0.3, 0.4) is 0 Å². The molecule has 0 heterocycles. The van der Waals surface area contributed by atoms with Crippen molar-refractivity contribution < 1.29 is 22.7 Å². The van der Waals surface area contributed by atoms with Gasteiger partial charge in [-0.3, -0.25) is 0 Å². The van der Waals surface area contributed by atoms with Gasteiger partial charge in [-0.2, -0.15) is 13.2 Å². The van der Waals surface area contributed by atoms with E-state index in [1.54, 1.807) is 24.3 Å². The van der Waals surface area contributed by atoms with Gasteiger partial charge in [0.1, 0.15) is 5.82 Å². The van der Waals surface area contributed by atoms with Crippen molar-refractivity contribution in [2.45, 2.75) is 18.7 Å². The molecule has 0 spiro atoms. The third kappa shape index (κ3) is 4.28. The van der Waals surface area contributed by atoms with E-state index in [0.717, 1.165) is 22.2 Å². The van der Waals surface area contributed by atoms with Crippen LogP contribution < -0.4 is 0 Å². The number of hydrogen-bond acceptors (Lipinski definition) is 1. The third-order valence-electron chi connectivity index (χ3n) is 2.95. The van der Waals surface area contributed by atoms with Gasteiger partial charge in [0.15, 0.2) is 0 Å². The first kappa shape index (κ1) is 16.0. The van der Waals surface area contributed by atoms with Crippen LogP contribution in [0, 0.1) is 5.82 Å². The molecule has 0 saturated carbocycles. The van der Waals surface area contributed by atoms with E-state index in [-0.39, 0.29) is 12.0 Å². The Morgan fingerprint density at radius 3 is 2.43 bits per heavy atom. The maximum Gasteiger partial charge on any atom is 0.416 e. The first-order chi connectivity index (χ1) is 9.75. The van der Waals surface area contributed by atoms with E-state index in [1.807, 2.05) is 0 Å². The fraction of sp³-hybridized carbons (Fsp3) is 0.200. The van der Waals surface area contributed by atoms with E-state index in [1.165, 1.54) is 0 Å². The molecular formula is C15H11BrF4O. The van der Waals surface area contributed by atoms with Gasteiger partial charge in [0.2, 0.25) is 0 Å². The van der Waals surface area contributed by atoms with Gasteiger partial charge >= 0.3 is 6.18 Å². The molecule has 0 bridgehead atoms. The summed E-state index contributed by atoms with van der Waals surface area (Å²) in [5.41, 5.74) is -0.470. The van der Waals surface area contributed by atoms with Crippen LogP contribution in [-0.2, 0) is 12.6 Å². The minimum Gasteiger partial charge on any atom is -0.388 e. The Hall–Kier alpha value is -1.40. The molecular weight excluding hydrogens is 352 g/mol. The molecule has 0 radical (unpaired) electrons. The maximum atomic E-state index is 13.3. The Balaban J connectivity index is 2.27. The second kappa shape index (κ2) is 6.15. The molecule has 1 N–H and O–H groups in total. The molecule has 112 valence electrons. The van der Waals surface area contributed by atoms with Crippen LogP contribution in [-0.4, -0.2) is 5.11 Å². The minimum absolute atomic E-state index is 0.0951. The Kier molecular flexibility index (Phi) is 4.68. The molecule has 2 rings (SSSR count). The quantitative estimate of drug-likeness (QED) is 0.771. The smallest absolute Gasteiger partial charge is 0.388 e. The standard InChI is InChI=1S/C15H11BrF4O/c16-12-3-1-2-9(4-12)5-14(21)10-6-11(15(18,19)20)8-13(17)7-10/h1-4,6-8,14,21H,5H2. The second-order valence-electron chi connectivity index (χ2n) is 4.62. The molecule has 0 aliphatic carbocycles. The summed E-state index contributed by atoms with van der Waals surface area (Å²) < 4.78 is 52.0. The van der Waals surface area contributed by atoms with Crippen molar-refractivity contribution in [3.05, 3.63) is 69.4 Å². The molecule has 1 atom stereocenters. The lowest BCUT2D eigenvalue weighted by molar-refractivity contribution is -0.137. The van der Waals surface area contributed by atoms with Crippen molar-refractivity contribution in [2.75, 3.05) is 0 Å². The highest BCUT2D eigenvalue weighted by Gasteiger charge is 2.31. The van der Waals surface area contributed by atoms with Crippen LogP contribution in [0.2, 0.25) is 0 Å². The van der Waals surface area contributed by atoms with E-state index in [0.29, 0.717) is 6.07 Å². The lowest BCUT2D eigenvalue weighted by Crippen LogP contribution is -2.09. The summed E-state index contributed by atoms with van der Waals surface area (Å²) in [7, 11) is 0. The predicted octanol–water partition coefficient (Wildman–Crippen LogP) is 4.88. The highest BCUT2D eigenvalue weighted by Crippen LogP contribution is 2.32. The number of rotatable bonds is 3. The third-order valence-corrected chi connectivity index (χ3v) is 3.44.